The number of amides is 6. The molecule has 12 atom stereocenters. The van der Waals surface area contributed by atoms with Gasteiger partial charge in [0.1, 0.15) is 24.4 Å². The van der Waals surface area contributed by atoms with Gasteiger partial charge < -0.3 is 91.7 Å². The number of carbonyl (C=O) groups excluding carboxylic acids is 6. The molecular weight excluding hydrogens is 1540 g/mol. The Balaban J connectivity index is 0.812. The van der Waals surface area contributed by atoms with Crippen LogP contribution in [-0.4, -0.2) is 253 Å². The van der Waals surface area contributed by atoms with Crippen LogP contribution in [0, 0.1) is 60.7 Å². The number of nitro benzene ring substituents is 6. The minimum Gasteiger partial charge on any atom is -0.477 e. The third kappa shape index (κ3) is 22.4. The lowest BCUT2D eigenvalue weighted by Crippen LogP contribution is -2.68. The second-order valence-electron chi connectivity index (χ2n) is 24.9. The number of hydrogen-bond acceptors (Lipinski definition) is 32. The lowest BCUT2D eigenvalue weighted by atomic mass is 9.88. The Kier molecular flexibility index (Phi) is 30.9. The van der Waals surface area contributed by atoms with Crippen LogP contribution < -0.4 is 31.9 Å². The molecule has 6 amide bonds. The zero-order chi connectivity index (χ0) is 82.6. The van der Waals surface area contributed by atoms with Gasteiger partial charge in [-0.05, 0) is 85.0 Å². The number of nitro groups is 6. The predicted octanol–water partition coefficient (Wildman–Crippen LogP) is 1.38. The zero-order valence-electron chi connectivity index (χ0n) is 58.8. The smallest absolute Gasteiger partial charge is 0.364 e. The summed E-state index contributed by atoms with van der Waals surface area (Å²) in [6.07, 6.45) is -17.2. The van der Waals surface area contributed by atoms with E-state index in [0.717, 1.165) is 74.5 Å². The van der Waals surface area contributed by atoms with Crippen molar-refractivity contribution < 1.29 is 128 Å². The van der Waals surface area contributed by atoms with E-state index in [1.807, 2.05) is 0 Å². The lowest BCUT2D eigenvalue weighted by molar-refractivity contribution is -0.394. The van der Waals surface area contributed by atoms with E-state index in [2.05, 4.69) is 31.9 Å². The molecule has 2 heterocycles. The normalized spacial score (nSPS) is 20.4. The maximum Gasteiger partial charge on any atom is 0.364 e. The lowest BCUT2D eigenvalue weighted by Gasteiger charge is -2.46. The summed E-state index contributed by atoms with van der Waals surface area (Å²) in [5.74, 6) is -12.2. The molecule has 0 aliphatic carbocycles. The maximum atomic E-state index is 13.3. The standard InChI is InChI=1S/C66H74N12O32S2/c1-33(79)71-53-49(81)29-65(63(91)92,109-57(53)55(85)51(83)31-69-61(89)37-9-13-41(45(25-37)75(99)100)43-15-11-39(73(95)96)27-47(43)77(103)104)107-19-3-21-111-23-17-67-59(87)35-5-7-36(8-6-35)60(88)68-18-24-112-22-4-20-108-66(64(93)94)30-50(82)54(72-34(2)80)58(110-66)56(86)52(84)32-70-62(90)38-10-14-42(46(26-38)76(101)102)44-16-12-40(74(97)98)28-48(44)78(105)106/h5-16,25-28,49-58,81-86H,3-4,17-24,29-32H2,1-2H3,(H,67,87)(H,68,88)(H,69,89)(H,70,90)(H,71,79)(H,72,80)(H,91,92)(H,93,94)/t49-,50-,51+,52+,53+,54+,55?,56?,57+,58+,65+,66+/m0/s1. The van der Waals surface area contributed by atoms with Gasteiger partial charge in [-0.2, -0.15) is 23.5 Å². The number of nitrogens with zero attached hydrogens (tertiary/aromatic N) is 6. The molecule has 5 aromatic rings. The first-order valence-corrected chi connectivity index (χ1v) is 35.8. The largest absolute Gasteiger partial charge is 0.477 e. The topological polar surface area (TPSA) is 666 Å². The number of nitrogens with one attached hydrogen (secondary N) is 6. The zero-order valence-corrected chi connectivity index (χ0v) is 60.4. The molecule has 112 heavy (non-hydrogen) atoms. The molecule has 0 bridgehead atoms. The van der Waals surface area contributed by atoms with Crippen molar-refractivity contribution in [2.75, 3.05) is 62.4 Å². The van der Waals surface area contributed by atoms with Gasteiger partial charge in [-0.1, -0.05) is 0 Å². The van der Waals surface area contributed by atoms with Crippen molar-refractivity contribution in [1.82, 2.24) is 31.9 Å². The Morgan fingerprint density at radius 1 is 0.455 bits per heavy atom. The molecule has 0 radical (unpaired) electrons. The van der Waals surface area contributed by atoms with E-state index < -0.39 is 221 Å². The van der Waals surface area contributed by atoms with Gasteiger partial charge in [0.25, 0.3) is 69.3 Å². The summed E-state index contributed by atoms with van der Waals surface area (Å²) in [7, 11) is 0. The molecule has 0 saturated carbocycles. The third-order valence-electron chi connectivity index (χ3n) is 17.2. The fourth-order valence-corrected chi connectivity index (χ4v) is 13.3. The van der Waals surface area contributed by atoms with Gasteiger partial charge in [-0.3, -0.25) is 89.5 Å². The summed E-state index contributed by atoms with van der Waals surface area (Å²) in [5.41, 5.74) is -6.70. The van der Waals surface area contributed by atoms with E-state index in [-0.39, 0.29) is 72.5 Å². The Bertz CT molecular complexity index is 4140. The highest BCUT2D eigenvalue weighted by Gasteiger charge is 2.57. The van der Waals surface area contributed by atoms with Crippen molar-refractivity contribution >= 4 is 105 Å². The summed E-state index contributed by atoms with van der Waals surface area (Å²) in [6.45, 7) is 0.0241. The van der Waals surface area contributed by atoms with Crippen LogP contribution in [0.25, 0.3) is 22.3 Å². The fraction of sp³-hybridized carbons (Fsp3) is 0.424. The van der Waals surface area contributed by atoms with Crippen molar-refractivity contribution in [2.45, 2.75) is 112 Å². The number of thioether (sulfide) groups is 2. The Morgan fingerprint density at radius 3 is 1.06 bits per heavy atom. The minimum atomic E-state index is -2.67. The maximum absolute atomic E-state index is 13.3. The van der Waals surface area contributed by atoms with Gasteiger partial charge in [-0.25, -0.2) is 9.59 Å². The van der Waals surface area contributed by atoms with Gasteiger partial charge in [-0.15, -0.1) is 0 Å². The minimum absolute atomic E-state index is 0.152. The summed E-state index contributed by atoms with van der Waals surface area (Å²) < 4.78 is 22.9. The van der Waals surface area contributed by atoms with Gasteiger partial charge in [0, 0.05) is 111 Å². The Labute approximate surface area is 638 Å². The molecule has 2 aliphatic rings. The molecule has 46 heteroatoms. The van der Waals surface area contributed by atoms with Crippen LogP contribution >= 0.6 is 23.5 Å². The highest BCUT2D eigenvalue weighted by molar-refractivity contribution is 7.99. The molecule has 5 aromatic carbocycles. The fourth-order valence-electron chi connectivity index (χ4n) is 11.8. The van der Waals surface area contributed by atoms with Crippen LogP contribution in [-0.2, 0) is 38.1 Å². The van der Waals surface area contributed by atoms with Crippen LogP contribution in [0.4, 0.5) is 34.1 Å². The SMILES string of the molecule is CC(=O)N[C@@H]1[C@@H](O)C[C@](OCCCSCCNC(=O)c2ccc(C(=O)NCCSCCCO[C@]3(C(=O)O)C[C@H](O)[C@@H](NC(C)=O)[C@H](C(O)[C@H](O)CNC(=O)c4ccc(-c5ccc([N+](=O)[O-])cc5[N+](=O)[O-])c([N+](=O)[O-])c4)O3)cc2)(C(=O)O)O[C@H]1C(O)[C@H](O)CNC(=O)c1ccc(-c2ccc([N+](=O)[O-])cc2[N+](=O)[O-])c([N+](=O)[O-])c1. The van der Waals surface area contributed by atoms with E-state index in [1.165, 1.54) is 47.8 Å². The van der Waals surface area contributed by atoms with Gasteiger partial charge >= 0.3 is 11.9 Å². The molecule has 2 unspecified atom stereocenters. The molecule has 7 rings (SSSR count). The number of rotatable bonds is 40. The predicted molar refractivity (Wildman–Crippen MR) is 386 cm³/mol. The van der Waals surface area contributed by atoms with Crippen LogP contribution in [0.15, 0.2) is 97.1 Å². The molecule has 2 saturated heterocycles. The number of aliphatic hydroxyl groups is 6. The van der Waals surface area contributed by atoms with Gasteiger partial charge in [0.2, 0.25) is 11.8 Å². The number of ether oxygens (including phenoxy) is 4. The highest BCUT2D eigenvalue weighted by Crippen LogP contribution is 2.42. The van der Waals surface area contributed by atoms with Crippen LogP contribution in [0.5, 0.6) is 0 Å². The average molecular weight is 1610 g/mol. The number of carboxylic acid groups (broad SMARTS) is 2. The first-order chi connectivity index (χ1) is 52.9. The van der Waals surface area contributed by atoms with Gasteiger partial charge in [0.15, 0.2) is 0 Å². The Hall–Kier alpha value is -11.4. The number of carbonyl (C=O) groups is 8. The summed E-state index contributed by atoms with van der Waals surface area (Å²) in [5, 5.41) is 173. The third-order valence-corrected chi connectivity index (χ3v) is 19.4. The molecular formula is C66H74N12O32S2. The first-order valence-electron chi connectivity index (χ1n) is 33.5. The number of carboxylic acids is 2. The number of aliphatic carboxylic acids is 2. The number of aliphatic hydroxyl groups excluding tert-OH is 6. The molecule has 0 spiro atoms. The monoisotopic (exact) mass is 1610 g/mol. The van der Waals surface area contributed by atoms with Crippen LogP contribution in [0.3, 0.4) is 0 Å². The van der Waals surface area contributed by atoms with Crippen molar-refractivity contribution in [2.24, 2.45) is 0 Å². The Morgan fingerprint density at radius 2 is 0.759 bits per heavy atom. The van der Waals surface area contributed by atoms with Crippen molar-refractivity contribution in [3.05, 3.63) is 180 Å². The van der Waals surface area contributed by atoms with E-state index in [4.69, 9.17) is 18.9 Å². The summed E-state index contributed by atoms with van der Waals surface area (Å²) >= 11 is 2.64. The van der Waals surface area contributed by atoms with Crippen LogP contribution in [0.1, 0.15) is 81.0 Å². The second kappa shape index (κ2) is 39.5. The number of hydrogen-bond donors (Lipinski definition) is 14. The average Bonchev–Trinajstić information content (AvgIpc) is 0.763. The summed E-state index contributed by atoms with van der Waals surface area (Å²) in [4.78, 5) is 167. The highest BCUT2D eigenvalue weighted by atomic mass is 32.2. The van der Waals surface area contributed by atoms with Crippen molar-refractivity contribution in [3.8, 4) is 22.3 Å². The number of non-ortho nitro benzene ring substituents is 2. The van der Waals surface area contributed by atoms with E-state index >= 15 is 0 Å². The summed E-state index contributed by atoms with van der Waals surface area (Å²) in [6, 6.07) is 12.8. The molecule has 44 nitrogen and oxygen atoms in total. The molecule has 0 aromatic heterocycles. The first kappa shape index (κ1) is 87.8. The number of benzene rings is 5. The molecule has 14 N–H and O–H groups in total. The van der Waals surface area contributed by atoms with Gasteiger partial charge in [0.05, 0.1) is 114 Å². The molecule has 2 aliphatic heterocycles. The van der Waals surface area contributed by atoms with E-state index in [1.54, 1.807) is 0 Å². The molecule has 602 valence electrons. The van der Waals surface area contributed by atoms with E-state index in [0.29, 0.717) is 35.1 Å². The van der Waals surface area contributed by atoms with Crippen molar-refractivity contribution in [1.29, 1.82) is 0 Å². The van der Waals surface area contributed by atoms with Crippen molar-refractivity contribution in [3.63, 3.8) is 0 Å². The quantitative estimate of drug-likeness (QED) is 0.0150. The van der Waals surface area contributed by atoms with E-state index in [9.17, 15) is 140 Å². The second-order valence-corrected chi connectivity index (χ2v) is 27.4. The molecule has 2 fully saturated rings. The van der Waals surface area contributed by atoms with Crippen LogP contribution in [0.2, 0.25) is 0 Å².